The number of rotatable bonds is 4. The van der Waals surface area contributed by atoms with Gasteiger partial charge in [0.1, 0.15) is 6.26 Å². The summed E-state index contributed by atoms with van der Waals surface area (Å²) >= 11 is 0. The highest BCUT2D eigenvalue weighted by atomic mass is 17.5. The second kappa shape index (κ2) is 5.42. The van der Waals surface area contributed by atoms with Gasteiger partial charge in [0, 0.05) is 0 Å². The Morgan fingerprint density at radius 1 is 1.71 bits per heavy atom. The Morgan fingerprint density at radius 3 is 2.86 bits per heavy atom. The molecule has 1 N–H and O–H groups in total. The molecule has 0 aliphatic carbocycles. The van der Waals surface area contributed by atoms with Gasteiger partial charge in [0.15, 0.2) is 6.79 Å². The van der Waals surface area contributed by atoms with Gasteiger partial charge in [0.05, 0.1) is 0 Å². The summed E-state index contributed by atoms with van der Waals surface area (Å²) in [5, 5.41) is 11.6. The van der Waals surface area contributed by atoms with Crippen LogP contribution < -0.4 is 0 Å². The van der Waals surface area contributed by atoms with Crippen molar-refractivity contribution in [2.45, 2.75) is 0 Å². The summed E-state index contributed by atoms with van der Waals surface area (Å²) in [6, 6.07) is 0. The van der Waals surface area contributed by atoms with Crippen molar-refractivity contribution < 1.29 is 19.9 Å². The summed E-state index contributed by atoms with van der Waals surface area (Å²) in [5.74, 6) is 0. The Bertz CT molecular complexity index is 44.2. The minimum Gasteiger partial charge on any atom is -0.368 e. The van der Waals surface area contributed by atoms with Crippen LogP contribution in [0, 0.1) is 0 Å². The maximum absolute atomic E-state index is 7.83. The van der Waals surface area contributed by atoms with E-state index in [4.69, 9.17) is 5.11 Å². The molecule has 0 rings (SSSR count). The molecule has 0 spiro atoms. The van der Waals surface area contributed by atoms with Crippen LogP contribution in [-0.2, 0) is 14.8 Å². The first-order chi connectivity index (χ1) is 3.41. The molecule has 0 atom stereocenters. The molecule has 0 radical (unpaired) electrons. The highest BCUT2D eigenvalue weighted by Crippen LogP contribution is 1.76. The Labute approximate surface area is 40.8 Å². The van der Waals surface area contributed by atoms with Crippen LogP contribution in [0.1, 0.15) is 0 Å². The van der Waals surface area contributed by atoms with E-state index in [1.165, 1.54) is 0 Å². The maximum Gasteiger partial charge on any atom is 0.182 e. The number of aliphatic hydroxyl groups is 1. The van der Waals surface area contributed by atoms with Crippen LogP contribution in [0.15, 0.2) is 12.8 Å². The smallest absolute Gasteiger partial charge is 0.182 e. The van der Waals surface area contributed by atoms with Crippen molar-refractivity contribution in [1.29, 1.82) is 0 Å². The fourth-order valence-electron chi connectivity index (χ4n) is 0.0771. The van der Waals surface area contributed by atoms with Gasteiger partial charge in [-0.25, -0.2) is 0 Å². The Balaban J connectivity index is 2.56. The predicted molar refractivity (Wildman–Crippen MR) is 20.5 cm³/mol. The van der Waals surface area contributed by atoms with Crippen LogP contribution in [0.25, 0.3) is 0 Å². The normalized spacial score (nSPS) is 8.14. The summed E-state index contributed by atoms with van der Waals surface area (Å²) in [5.41, 5.74) is 0. The molecule has 0 heterocycles. The molecule has 7 heavy (non-hydrogen) atoms. The molecule has 0 aromatic carbocycles. The lowest BCUT2D eigenvalue weighted by Crippen LogP contribution is -1.91. The lowest BCUT2D eigenvalue weighted by molar-refractivity contribution is -0.504. The minimum absolute atomic E-state index is 0.534. The second-order valence-electron chi connectivity index (χ2n) is 0.578. The average molecular weight is 106 g/mol. The van der Waals surface area contributed by atoms with Gasteiger partial charge < -0.3 is 9.99 Å². The maximum atomic E-state index is 7.83. The highest BCUT2D eigenvalue weighted by molar-refractivity contribution is 4.41. The zero-order valence-electron chi connectivity index (χ0n) is 3.66. The van der Waals surface area contributed by atoms with Crippen molar-refractivity contribution in [2.75, 3.05) is 6.79 Å². The van der Waals surface area contributed by atoms with Gasteiger partial charge >= 0.3 is 0 Å². The zero-order valence-corrected chi connectivity index (χ0v) is 3.66. The van der Waals surface area contributed by atoms with Gasteiger partial charge in [-0.15, -0.1) is 0 Å². The number of hydrogen-bond donors (Lipinski definition) is 1. The standard InChI is InChI=1S/C3H6O4/c1-2-5-7-6-3-4/h2,4H,1,3H2. The summed E-state index contributed by atoms with van der Waals surface area (Å²) in [6.07, 6.45) is 1.02. The van der Waals surface area contributed by atoms with Crippen molar-refractivity contribution in [3.63, 3.8) is 0 Å². The summed E-state index contributed by atoms with van der Waals surface area (Å²) in [6.45, 7) is 2.59. The van der Waals surface area contributed by atoms with Crippen molar-refractivity contribution in [1.82, 2.24) is 0 Å². The van der Waals surface area contributed by atoms with E-state index in [-0.39, 0.29) is 0 Å². The molecule has 0 aromatic rings. The van der Waals surface area contributed by atoms with E-state index < -0.39 is 6.79 Å². The molecule has 0 aromatic heterocycles. The molecule has 0 unspecified atom stereocenters. The summed E-state index contributed by atoms with van der Waals surface area (Å²) in [7, 11) is 0. The average Bonchev–Trinajstić information content (AvgIpc) is 1.69. The molecule has 0 amide bonds. The van der Waals surface area contributed by atoms with Crippen LogP contribution in [0.5, 0.6) is 0 Å². The largest absolute Gasteiger partial charge is 0.368 e. The van der Waals surface area contributed by atoms with Crippen molar-refractivity contribution in [3.05, 3.63) is 12.8 Å². The molecule has 0 bridgehead atoms. The third-order valence-corrected chi connectivity index (χ3v) is 0.208. The first kappa shape index (κ1) is 6.42. The Kier molecular flexibility index (Phi) is 4.97. The lowest BCUT2D eigenvalue weighted by atomic mass is 11.2. The molecule has 42 valence electrons. The van der Waals surface area contributed by atoms with Crippen LogP contribution >= 0.6 is 0 Å². The lowest BCUT2D eigenvalue weighted by Gasteiger charge is -1.92. The van der Waals surface area contributed by atoms with E-state index in [1.54, 1.807) is 0 Å². The molecule has 0 aliphatic heterocycles. The molecule has 4 nitrogen and oxygen atoms in total. The Hall–Kier alpha value is -0.580. The van der Waals surface area contributed by atoms with Crippen molar-refractivity contribution in [3.8, 4) is 0 Å². The molecule has 0 saturated heterocycles. The highest BCUT2D eigenvalue weighted by Gasteiger charge is 1.75. The molecule has 0 fully saturated rings. The van der Waals surface area contributed by atoms with E-state index in [9.17, 15) is 0 Å². The molecular formula is C3H6O4. The SMILES string of the molecule is C=COOOCO. The van der Waals surface area contributed by atoms with E-state index in [1.807, 2.05) is 0 Å². The predicted octanol–water partition coefficient (Wildman–Crippen LogP) is -0.0405. The fraction of sp³-hybridized carbons (Fsp3) is 0.333. The first-order valence-electron chi connectivity index (χ1n) is 1.58. The van der Waals surface area contributed by atoms with Gasteiger partial charge in [-0.3, -0.25) is 0 Å². The van der Waals surface area contributed by atoms with E-state index in [2.05, 4.69) is 21.4 Å². The molecule has 4 heteroatoms. The quantitative estimate of drug-likeness (QED) is 0.179. The van der Waals surface area contributed by atoms with Crippen molar-refractivity contribution in [2.24, 2.45) is 0 Å². The van der Waals surface area contributed by atoms with E-state index in [0.29, 0.717) is 0 Å². The third kappa shape index (κ3) is 5.42. The van der Waals surface area contributed by atoms with Crippen LogP contribution in [0.3, 0.4) is 0 Å². The first-order valence-corrected chi connectivity index (χ1v) is 1.58. The van der Waals surface area contributed by atoms with Crippen molar-refractivity contribution >= 4 is 0 Å². The number of aliphatic hydroxyl groups excluding tert-OH is 1. The second-order valence-corrected chi connectivity index (χ2v) is 0.578. The van der Waals surface area contributed by atoms with Gasteiger partial charge in [-0.2, -0.15) is 4.89 Å². The molecular weight excluding hydrogens is 100 g/mol. The summed E-state index contributed by atoms with van der Waals surface area (Å²) < 4.78 is 0. The van der Waals surface area contributed by atoms with Crippen LogP contribution in [0.2, 0.25) is 0 Å². The van der Waals surface area contributed by atoms with E-state index >= 15 is 0 Å². The van der Waals surface area contributed by atoms with Gasteiger partial charge in [0.2, 0.25) is 0 Å². The van der Waals surface area contributed by atoms with Gasteiger partial charge in [0.25, 0.3) is 0 Å². The minimum atomic E-state index is -0.534. The van der Waals surface area contributed by atoms with Gasteiger partial charge in [-0.05, 0) is 5.04 Å². The summed E-state index contributed by atoms with van der Waals surface area (Å²) in [4.78, 5) is 7.79. The molecule has 0 aliphatic rings. The third-order valence-electron chi connectivity index (χ3n) is 0.208. The van der Waals surface area contributed by atoms with Crippen LogP contribution in [-0.4, -0.2) is 11.9 Å². The zero-order chi connectivity index (χ0) is 5.54. The van der Waals surface area contributed by atoms with Gasteiger partial charge in [-0.1, -0.05) is 6.58 Å². The monoisotopic (exact) mass is 106 g/mol. The fourth-order valence-corrected chi connectivity index (χ4v) is 0.0771. The van der Waals surface area contributed by atoms with E-state index in [0.717, 1.165) is 6.26 Å². The van der Waals surface area contributed by atoms with Crippen LogP contribution in [0.4, 0.5) is 0 Å². The molecule has 0 saturated carbocycles. The topological polar surface area (TPSA) is 47.9 Å². The Morgan fingerprint density at radius 2 is 2.43 bits per heavy atom. The number of hydrogen-bond acceptors (Lipinski definition) is 4.